The van der Waals surface area contributed by atoms with Gasteiger partial charge < -0.3 is 0 Å². The zero-order chi connectivity index (χ0) is 50.4. The standard InChI is InChI=1S/C22H28BrClN2S2.C16H27S.C6HBr2ClN2S.3C4H9.Pd.Sn/c1-2-3-4-5-6-7-8-9-10-11-12-16-13-19(27-15-16)17-14-18(24)20(23)22-21(17)25-28-26-22;1-2-3-4-5-6-7-8-9-10-11-12-16-13-14-17-15-16;7-2-1-3(9)4(8)6-5(2)10-12-11-6;3*1-3-4-2;;/h13-15H,2-12H2,1H3;13,15H,2-12H2,1H3;1H;3*1,3-4H2,2H3;;. The Kier molecular flexibility index (Phi) is 36.7. The van der Waals surface area contributed by atoms with Gasteiger partial charge in [-0.15, -0.1) is 11.3 Å². The van der Waals surface area contributed by atoms with Gasteiger partial charge in [0.05, 0.1) is 42.4 Å². The molecule has 0 N–H and O–H groups in total. The third-order valence-electron chi connectivity index (χ3n) is 13.6. The maximum atomic E-state index is 6.38. The van der Waals surface area contributed by atoms with Gasteiger partial charge in [-0.3, -0.25) is 0 Å². The molecule has 4 aromatic heterocycles. The first-order valence-corrected chi connectivity index (χ1v) is 41.0. The van der Waals surface area contributed by atoms with Crippen molar-refractivity contribution in [2.24, 2.45) is 0 Å². The van der Waals surface area contributed by atoms with Crippen molar-refractivity contribution in [1.29, 1.82) is 0 Å². The van der Waals surface area contributed by atoms with E-state index in [1.807, 2.05) is 8.96 Å². The maximum Gasteiger partial charge on any atom is 0.121 e. The molecule has 71 heavy (non-hydrogen) atoms. The van der Waals surface area contributed by atoms with E-state index in [4.69, 9.17) is 23.2 Å². The molecule has 0 amide bonds. The van der Waals surface area contributed by atoms with Crippen molar-refractivity contribution in [3.05, 3.63) is 69.6 Å². The molecule has 0 saturated carbocycles. The minimum Gasteiger partial charge on any atom is -0.172 e. The second-order valence-electron chi connectivity index (χ2n) is 19.4. The summed E-state index contributed by atoms with van der Waals surface area (Å²) in [6.45, 7) is 11.8. The second kappa shape index (κ2) is 39.3. The number of thiophene rings is 2. The van der Waals surface area contributed by atoms with E-state index in [0.29, 0.717) is 10.0 Å². The number of benzene rings is 2. The first-order chi connectivity index (χ1) is 34.1. The molecule has 0 aliphatic heterocycles. The van der Waals surface area contributed by atoms with E-state index in [-0.39, 0.29) is 20.4 Å². The molecule has 0 unspecified atom stereocenters. The SMILES string of the molecule is CCCCCCCCCCCCc1cs[c]([Sn]([CH2]CCC)([CH2]CCC)[CH2]CCC)c1.CCCCCCCCCCCCc1csc(-c2cc(Cl)c(Br)c3nsnc23)c1.Clc1cc(Br)c2nsnc2c1Br.[Pd]. The average Bonchev–Trinajstić information content (AvgIpc) is 4.23. The molecule has 6 aromatic rings. The Hall–Kier alpha value is 0.961. The Morgan fingerprint density at radius 2 is 0.817 bits per heavy atom. The summed E-state index contributed by atoms with van der Waals surface area (Å²) in [6.07, 6.45) is 39.3. The number of hydrogen-bond acceptors (Lipinski definition) is 8. The molecular formula is C56H83Br3Cl2N4PdS4Sn. The zero-order valence-electron chi connectivity index (χ0n) is 43.5. The van der Waals surface area contributed by atoms with Gasteiger partial charge in [0.15, 0.2) is 0 Å². The summed E-state index contributed by atoms with van der Waals surface area (Å²) in [5.74, 6) is 0. The summed E-state index contributed by atoms with van der Waals surface area (Å²) in [4.78, 5) is 1.23. The van der Waals surface area contributed by atoms with Gasteiger partial charge in [0.1, 0.15) is 22.1 Å². The summed E-state index contributed by atoms with van der Waals surface area (Å²) >= 11 is 26.7. The molecule has 0 bridgehead atoms. The van der Waals surface area contributed by atoms with Crippen molar-refractivity contribution in [3.63, 3.8) is 0 Å². The van der Waals surface area contributed by atoms with Crippen molar-refractivity contribution in [3.8, 4) is 10.4 Å². The Bertz CT molecular complexity index is 2300. The first kappa shape index (κ1) is 66.2. The number of hydrogen-bond donors (Lipinski definition) is 0. The minimum atomic E-state index is -2.17. The molecule has 0 radical (unpaired) electrons. The molecule has 0 atom stereocenters. The van der Waals surface area contributed by atoms with Crippen molar-refractivity contribution < 1.29 is 20.4 Å². The molecule has 0 aliphatic rings. The van der Waals surface area contributed by atoms with E-state index in [9.17, 15) is 0 Å². The van der Waals surface area contributed by atoms with Crippen molar-refractivity contribution >= 4 is 160 Å². The monoisotopic (exact) mass is 1470 g/mol. The fourth-order valence-corrected chi connectivity index (χ4v) is 33.6. The summed E-state index contributed by atoms with van der Waals surface area (Å²) in [5, 5.41) is 6.17. The number of halogens is 5. The van der Waals surface area contributed by atoms with Gasteiger partial charge in [-0.25, -0.2) is 0 Å². The van der Waals surface area contributed by atoms with E-state index < -0.39 is 18.4 Å². The molecule has 0 aliphatic carbocycles. The van der Waals surface area contributed by atoms with E-state index in [1.54, 1.807) is 36.3 Å². The zero-order valence-corrected chi connectivity index (χ0v) is 57.5. The van der Waals surface area contributed by atoms with Gasteiger partial charge >= 0.3 is 180 Å². The summed E-state index contributed by atoms with van der Waals surface area (Å²) in [5.41, 5.74) is 7.65. The molecule has 0 fully saturated rings. The topological polar surface area (TPSA) is 51.6 Å². The van der Waals surface area contributed by atoms with Crippen LogP contribution in [0.4, 0.5) is 0 Å². The van der Waals surface area contributed by atoms with E-state index in [1.165, 1.54) is 207 Å². The number of rotatable bonds is 33. The van der Waals surface area contributed by atoms with Gasteiger partial charge in [0.2, 0.25) is 0 Å². The fraction of sp³-hybridized carbons (Fsp3) is 0.643. The van der Waals surface area contributed by atoms with Crippen LogP contribution in [0.1, 0.15) is 213 Å². The van der Waals surface area contributed by atoms with Gasteiger partial charge in [-0.2, -0.15) is 17.5 Å². The second-order valence-corrected chi connectivity index (χ2v) is 39.7. The Balaban J connectivity index is 0.000000301. The maximum absolute atomic E-state index is 6.38. The smallest absolute Gasteiger partial charge is 0.121 e. The predicted molar refractivity (Wildman–Crippen MR) is 331 cm³/mol. The van der Waals surface area contributed by atoms with Crippen LogP contribution in [0.3, 0.4) is 0 Å². The van der Waals surface area contributed by atoms with Crippen LogP contribution in [-0.2, 0) is 33.3 Å². The van der Waals surface area contributed by atoms with Crippen LogP contribution in [0.15, 0.2) is 48.4 Å². The normalized spacial score (nSPS) is 11.5. The minimum absolute atomic E-state index is 0. The van der Waals surface area contributed by atoms with Gasteiger partial charge in [-0.1, -0.05) is 108 Å². The molecule has 6 rings (SSSR count). The quantitative estimate of drug-likeness (QED) is 0.0234. The molecular weight excluding hydrogens is 1390 g/mol. The molecule has 400 valence electrons. The van der Waals surface area contributed by atoms with Gasteiger partial charge in [0, 0.05) is 35.3 Å². The fourth-order valence-electron chi connectivity index (χ4n) is 9.27. The van der Waals surface area contributed by atoms with E-state index in [0.717, 1.165) is 47.5 Å². The largest absolute Gasteiger partial charge is 0.172 e. The number of aryl methyl sites for hydroxylation is 2. The predicted octanol–water partition coefficient (Wildman–Crippen LogP) is 23.4. The van der Waals surface area contributed by atoms with Crippen LogP contribution >= 0.6 is 117 Å². The van der Waals surface area contributed by atoms with Crippen LogP contribution in [0.2, 0.25) is 23.4 Å². The summed E-state index contributed by atoms with van der Waals surface area (Å²) in [6, 6.07) is 8.83. The van der Waals surface area contributed by atoms with Crippen molar-refractivity contribution in [2.75, 3.05) is 0 Å². The number of unbranched alkanes of at least 4 members (excludes halogenated alkanes) is 21. The average molecular weight is 1480 g/mol. The van der Waals surface area contributed by atoms with Crippen LogP contribution in [0.25, 0.3) is 32.5 Å². The van der Waals surface area contributed by atoms with Crippen LogP contribution < -0.4 is 2.89 Å². The number of nitrogens with zero attached hydrogens (tertiary/aromatic N) is 4. The molecule has 2 aromatic carbocycles. The third-order valence-corrected chi connectivity index (χ3v) is 38.2. The van der Waals surface area contributed by atoms with Crippen LogP contribution in [0, 0.1) is 0 Å². The Morgan fingerprint density at radius 3 is 1.30 bits per heavy atom. The molecule has 4 nitrogen and oxygen atoms in total. The van der Waals surface area contributed by atoms with Crippen molar-refractivity contribution in [1.82, 2.24) is 17.5 Å². The van der Waals surface area contributed by atoms with Crippen LogP contribution in [0.5, 0.6) is 0 Å². The molecule has 4 heterocycles. The van der Waals surface area contributed by atoms with E-state index >= 15 is 0 Å². The summed E-state index contributed by atoms with van der Waals surface area (Å²) in [7, 11) is 0. The van der Waals surface area contributed by atoms with Gasteiger partial charge in [0.25, 0.3) is 0 Å². The van der Waals surface area contributed by atoms with E-state index in [2.05, 4.69) is 134 Å². The number of aromatic nitrogens is 4. The molecule has 0 spiro atoms. The van der Waals surface area contributed by atoms with Crippen molar-refractivity contribution in [2.45, 2.75) is 228 Å². The first-order valence-electron chi connectivity index (χ1n) is 27.1. The van der Waals surface area contributed by atoms with Crippen LogP contribution in [-0.4, -0.2) is 35.9 Å². The number of fused-ring (bicyclic) bond motifs is 2. The Morgan fingerprint density at radius 1 is 0.437 bits per heavy atom. The molecule has 15 heteroatoms. The summed E-state index contributed by atoms with van der Waals surface area (Å²) < 4.78 is 26.4. The third kappa shape index (κ3) is 23.5. The Labute approximate surface area is 500 Å². The molecule has 0 saturated heterocycles. The van der Waals surface area contributed by atoms with Gasteiger partial charge in [-0.05, 0) is 89.8 Å².